The second-order valence-corrected chi connectivity index (χ2v) is 4.22. The van der Waals surface area contributed by atoms with Crippen LogP contribution < -0.4 is 0 Å². The number of hydrogen-bond donors (Lipinski definition) is 0. The lowest BCUT2D eigenvalue weighted by Crippen LogP contribution is -2.32. The molecule has 6 heteroatoms. The molecule has 0 radical (unpaired) electrons. The number of carbonyl (C=O) groups excluding carboxylic acids is 2. The average Bonchev–Trinajstić information content (AvgIpc) is 2.86. The molecule has 1 rings (SSSR count). The maximum absolute atomic E-state index is 11.5. The second kappa shape index (κ2) is 8.29. The summed E-state index contributed by atoms with van der Waals surface area (Å²) in [4.78, 5) is 28.4. The summed E-state index contributed by atoms with van der Waals surface area (Å²) >= 11 is 0. The number of amides is 1. The number of aryl methyl sites for hydroxylation is 1. The van der Waals surface area contributed by atoms with Gasteiger partial charge in [-0.25, -0.2) is 4.98 Å². The highest BCUT2D eigenvalue weighted by Crippen LogP contribution is 1.99. The lowest BCUT2D eigenvalue weighted by Gasteiger charge is -2.20. The number of imidazole rings is 1. The first-order valence-electron chi connectivity index (χ1n) is 6.50. The van der Waals surface area contributed by atoms with Crippen molar-refractivity contribution >= 4 is 11.9 Å². The van der Waals surface area contributed by atoms with Gasteiger partial charge >= 0.3 is 5.97 Å². The molecule has 0 aliphatic heterocycles. The van der Waals surface area contributed by atoms with Crippen molar-refractivity contribution in [1.82, 2.24) is 14.5 Å². The maximum atomic E-state index is 11.5. The highest BCUT2D eigenvalue weighted by molar-refractivity contribution is 5.74. The van der Waals surface area contributed by atoms with Crippen LogP contribution >= 0.6 is 0 Å². The fraction of sp³-hybridized carbons (Fsp3) is 0.615. The maximum Gasteiger partial charge on any atom is 0.307 e. The molecule has 1 heterocycles. The van der Waals surface area contributed by atoms with Crippen molar-refractivity contribution in [2.24, 2.45) is 0 Å². The van der Waals surface area contributed by atoms with Crippen LogP contribution in [0.3, 0.4) is 0 Å². The quantitative estimate of drug-likeness (QED) is 0.661. The molecule has 1 amide bonds. The number of hydrogen-bond acceptors (Lipinski definition) is 4. The van der Waals surface area contributed by atoms with E-state index in [9.17, 15) is 9.59 Å². The molecule has 0 N–H and O–H groups in total. The molecule has 0 aliphatic carbocycles. The van der Waals surface area contributed by atoms with Crippen molar-refractivity contribution in [2.75, 3.05) is 19.7 Å². The van der Waals surface area contributed by atoms with Gasteiger partial charge in [-0.05, 0) is 13.3 Å². The molecule has 1 aromatic rings. The van der Waals surface area contributed by atoms with Crippen molar-refractivity contribution in [2.45, 2.75) is 33.2 Å². The molecule has 0 fully saturated rings. The topological polar surface area (TPSA) is 64.4 Å². The highest BCUT2D eigenvalue weighted by Gasteiger charge is 2.11. The number of carbonyl (C=O) groups is 2. The fourth-order valence-electron chi connectivity index (χ4n) is 1.75. The minimum atomic E-state index is -0.261. The third kappa shape index (κ3) is 6.03. The number of nitrogens with zero attached hydrogens (tertiary/aromatic N) is 3. The summed E-state index contributed by atoms with van der Waals surface area (Å²) in [6, 6.07) is 0. The Kier molecular flexibility index (Phi) is 6.63. The molecule has 19 heavy (non-hydrogen) atoms. The summed E-state index contributed by atoms with van der Waals surface area (Å²) in [6.45, 7) is 5.52. The monoisotopic (exact) mass is 267 g/mol. The Bertz CT molecular complexity index is 390. The van der Waals surface area contributed by atoms with E-state index in [0.717, 1.165) is 13.0 Å². The Balaban J connectivity index is 2.28. The molecule has 0 bridgehead atoms. The Labute approximate surface area is 113 Å². The van der Waals surface area contributed by atoms with Gasteiger partial charge in [-0.2, -0.15) is 0 Å². The largest absolute Gasteiger partial charge is 0.466 e. The van der Waals surface area contributed by atoms with E-state index >= 15 is 0 Å². The number of aromatic nitrogens is 2. The van der Waals surface area contributed by atoms with E-state index in [1.54, 1.807) is 24.3 Å². The summed E-state index contributed by atoms with van der Waals surface area (Å²) in [5.41, 5.74) is 0. The van der Waals surface area contributed by atoms with Crippen LogP contribution in [0.25, 0.3) is 0 Å². The Morgan fingerprint density at radius 3 is 2.74 bits per heavy atom. The Hall–Kier alpha value is -1.85. The van der Waals surface area contributed by atoms with Crippen LogP contribution in [-0.4, -0.2) is 46.0 Å². The number of esters is 1. The molecular formula is C13H21N3O3. The minimum absolute atomic E-state index is 0.0186. The molecule has 6 nitrogen and oxygen atoms in total. The van der Waals surface area contributed by atoms with Gasteiger partial charge in [0.1, 0.15) is 0 Å². The predicted octanol–water partition coefficient (Wildman–Crippen LogP) is 1.07. The molecule has 0 aromatic carbocycles. The van der Waals surface area contributed by atoms with Crippen molar-refractivity contribution in [3.05, 3.63) is 18.7 Å². The first-order chi connectivity index (χ1) is 9.13. The molecule has 0 unspecified atom stereocenters. The third-order valence-corrected chi connectivity index (χ3v) is 2.74. The van der Waals surface area contributed by atoms with Crippen LogP contribution in [0, 0.1) is 0 Å². The van der Waals surface area contributed by atoms with Crippen molar-refractivity contribution < 1.29 is 14.3 Å². The molecule has 0 atom stereocenters. The lowest BCUT2D eigenvalue weighted by atomic mass is 10.3. The van der Waals surface area contributed by atoms with Gasteiger partial charge in [0.2, 0.25) is 5.91 Å². The highest BCUT2D eigenvalue weighted by atomic mass is 16.5. The summed E-state index contributed by atoms with van der Waals surface area (Å²) in [7, 11) is 0. The van der Waals surface area contributed by atoms with Gasteiger partial charge in [-0.15, -0.1) is 0 Å². The van der Waals surface area contributed by atoms with Crippen molar-refractivity contribution in [1.29, 1.82) is 0 Å². The van der Waals surface area contributed by atoms with E-state index in [0.29, 0.717) is 19.7 Å². The smallest absolute Gasteiger partial charge is 0.307 e. The molecule has 0 spiro atoms. The fourth-order valence-corrected chi connectivity index (χ4v) is 1.75. The van der Waals surface area contributed by atoms with Gasteiger partial charge < -0.3 is 14.2 Å². The zero-order valence-electron chi connectivity index (χ0n) is 11.5. The van der Waals surface area contributed by atoms with E-state index in [-0.39, 0.29) is 18.3 Å². The zero-order chi connectivity index (χ0) is 14.1. The molecule has 0 aliphatic rings. The zero-order valence-corrected chi connectivity index (χ0v) is 11.5. The van der Waals surface area contributed by atoms with Crippen LogP contribution in [0.5, 0.6) is 0 Å². The van der Waals surface area contributed by atoms with E-state index < -0.39 is 0 Å². The Morgan fingerprint density at radius 1 is 1.37 bits per heavy atom. The van der Waals surface area contributed by atoms with Gasteiger partial charge in [0.25, 0.3) is 0 Å². The SMILES string of the molecule is CCOC(=O)CCN(CCCn1ccnc1)C(C)=O. The lowest BCUT2D eigenvalue weighted by molar-refractivity contribution is -0.143. The molecule has 0 saturated carbocycles. The van der Waals surface area contributed by atoms with E-state index in [1.807, 2.05) is 10.8 Å². The Morgan fingerprint density at radius 2 is 2.16 bits per heavy atom. The molecule has 106 valence electrons. The van der Waals surface area contributed by atoms with Crippen molar-refractivity contribution in [3.63, 3.8) is 0 Å². The predicted molar refractivity (Wildman–Crippen MR) is 70.3 cm³/mol. The standard InChI is InChI=1S/C13H21N3O3/c1-3-19-13(18)5-9-16(12(2)17)8-4-7-15-10-6-14-11-15/h6,10-11H,3-5,7-9H2,1-2H3. The average molecular weight is 267 g/mol. The summed E-state index contributed by atoms with van der Waals surface area (Å²) < 4.78 is 6.81. The summed E-state index contributed by atoms with van der Waals surface area (Å²) in [5.74, 6) is -0.279. The van der Waals surface area contributed by atoms with Crippen molar-refractivity contribution in [3.8, 4) is 0 Å². The van der Waals surface area contributed by atoms with E-state index in [2.05, 4.69) is 4.98 Å². The molecular weight excluding hydrogens is 246 g/mol. The number of rotatable bonds is 8. The van der Waals surface area contributed by atoms with Crippen LogP contribution in [0.2, 0.25) is 0 Å². The van der Waals surface area contributed by atoms with Crippen LogP contribution in [0.1, 0.15) is 26.7 Å². The minimum Gasteiger partial charge on any atom is -0.466 e. The molecule has 0 saturated heterocycles. The summed E-state index contributed by atoms with van der Waals surface area (Å²) in [5, 5.41) is 0. The first kappa shape index (κ1) is 15.2. The van der Waals surface area contributed by atoms with Crippen LogP contribution in [0.4, 0.5) is 0 Å². The van der Waals surface area contributed by atoms with Crippen LogP contribution in [-0.2, 0) is 20.9 Å². The van der Waals surface area contributed by atoms with Gasteiger partial charge in [-0.3, -0.25) is 9.59 Å². The summed E-state index contributed by atoms with van der Waals surface area (Å²) in [6.07, 6.45) is 6.44. The third-order valence-electron chi connectivity index (χ3n) is 2.74. The van der Waals surface area contributed by atoms with Gasteiger partial charge in [0, 0.05) is 39.0 Å². The van der Waals surface area contributed by atoms with E-state index in [1.165, 1.54) is 6.92 Å². The van der Waals surface area contributed by atoms with Gasteiger partial charge in [-0.1, -0.05) is 0 Å². The van der Waals surface area contributed by atoms with Gasteiger partial charge in [0.05, 0.1) is 19.4 Å². The number of ether oxygens (including phenoxy) is 1. The van der Waals surface area contributed by atoms with Crippen LogP contribution in [0.15, 0.2) is 18.7 Å². The first-order valence-corrected chi connectivity index (χ1v) is 6.50. The normalized spacial score (nSPS) is 10.2. The van der Waals surface area contributed by atoms with Gasteiger partial charge in [0.15, 0.2) is 0 Å². The second-order valence-electron chi connectivity index (χ2n) is 4.22. The van der Waals surface area contributed by atoms with E-state index in [4.69, 9.17) is 4.74 Å². The molecule has 1 aromatic heterocycles.